The summed E-state index contributed by atoms with van der Waals surface area (Å²) in [7, 11) is 0. The zero-order valence-corrected chi connectivity index (χ0v) is 14.0. The van der Waals surface area contributed by atoms with Crippen LogP contribution in [-0.4, -0.2) is 33.1 Å². The second-order valence-corrected chi connectivity index (χ2v) is 6.48. The van der Waals surface area contributed by atoms with Gasteiger partial charge in [-0.15, -0.1) is 0 Å². The molecule has 6 heteroatoms. The Balaban J connectivity index is 1.60. The Hall–Kier alpha value is -2.34. The van der Waals surface area contributed by atoms with Gasteiger partial charge in [0, 0.05) is 6.54 Å². The van der Waals surface area contributed by atoms with Crippen LogP contribution in [0, 0.1) is 6.92 Å². The van der Waals surface area contributed by atoms with Gasteiger partial charge in [-0.2, -0.15) is 5.10 Å². The van der Waals surface area contributed by atoms with Gasteiger partial charge < -0.3 is 15.7 Å². The van der Waals surface area contributed by atoms with E-state index in [1.807, 2.05) is 37.3 Å². The Morgan fingerprint density at radius 1 is 1.25 bits per heavy atom. The number of nitrogens with one attached hydrogen (secondary N) is 2. The molecule has 0 unspecified atom stereocenters. The molecule has 0 saturated heterocycles. The van der Waals surface area contributed by atoms with Gasteiger partial charge in [-0.25, -0.2) is 9.48 Å². The molecule has 1 heterocycles. The van der Waals surface area contributed by atoms with Crippen LogP contribution in [0.1, 0.15) is 37.8 Å². The van der Waals surface area contributed by atoms with Gasteiger partial charge in [-0.1, -0.05) is 37.5 Å². The summed E-state index contributed by atoms with van der Waals surface area (Å²) in [5.41, 5.74) is 1.69. The third kappa shape index (κ3) is 3.76. The van der Waals surface area contributed by atoms with Gasteiger partial charge in [0.1, 0.15) is 0 Å². The molecule has 1 aliphatic carbocycles. The van der Waals surface area contributed by atoms with E-state index in [2.05, 4.69) is 15.7 Å². The smallest absolute Gasteiger partial charge is 0.319 e. The van der Waals surface area contributed by atoms with Crippen LogP contribution >= 0.6 is 0 Å². The second-order valence-electron chi connectivity index (χ2n) is 6.48. The number of hydrogen-bond acceptors (Lipinski definition) is 3. The highest BCUT2D eigenvalue weighted by Gasteiger charge is 2.29. The van der Waals surface area contributed by atoms with Crippen molar-refractivity contribution in [2.75, 3.05) is 11.9 Å². The number of aromatic nitrogens is 2. The summed E-state index contributed by atoms with van der Waals surface area (Å²) in [4.78, 5) is 12.1. The molecular formula is C18H24N4O2. The lowest BCUT2D eigenvalue weighted by Crippen LogP contribution is -2.45. The topological polar surface area (TPSA) is 79.2 Å². The number of hydrogen-bond donors (Lipinski definition) is 3. The SMILES string of the molecule is Cc1c(NC(=O)NCC2(O)CCCCC2)cnn1-c1ccccc1. The number of carbonyl (C=O) groups excluding carboxylic acids is 1. The van der Waals surface area contributed by atoms with Crippen LogP contribution in [0.5, 0.6) is 0 Å². The average molecular weight is 328 g/mol. The van der Waals surface area contributed by atoms with E-state index >= 15 is 0 Å². The van der Waals surface area contributed by atoms with Crippen LogP contribution in [0.15, 0.2) is 36.5 Å². The summed E-state index contributed by atoms with van der Waals surface area (Å²) in [5, 5.41) is 20.4. The fourth-order valence-corrected chi connectivity index (χ4v) is 3.16. The maximum absolute atomic E-state index is 12.1. The van der Waals surface area contributed by atoms with Gasteiger partial charge in [0.05, 0.1) is 28.9 Å². The van der Waals surface area contributed by atoms with E-state index in [4.69, 9.17) is 0 Å². The van der Waals surface area contributed by atoms with Crippen molar-refractivity contribution in [1.29, 1.82) is 0 Å². The van der Waals surface area contributed by atoms with Crippen LogP contribution in [0.4, 0.5) is 10.5 Å². The predicted molar refractivity (Wildman–Crippen MR) is 93.4 cm³/mol. The van der Waals surface area contributed by atoms with Gasteiger partial charge in [0.15, 0.2) is 0 Å². The molecule has 1 aromatic carbocycles. The van der Waals surface area contributed by atoms with Crippen molar-refractivity contribution >= 4 is 11.7 Å². The Kier molecular flexibility index (Phi) is 4.85. The average Bonchev–Trinajstić information content (AvgIpc) is 2.95. The van der Waals surface area contributed by atoms with E-state index in [9.17, 15) is 9.90 Å². The largest absolute Gasteiger partial charge is 0.388 e. The van der Waals surface area contributed by atoms with Crippen LogP contribution in [-0.2, 0) is 0 Å². The number of amides is 2. The van der Waals surface area contributed by atoms with E-state index in [0.29, 0.717) is 5.69 Å². The number of benzene rings is 1. The molecule has 6 nitrogen and oxygen atoms in total. The third-order valence-electron chi connectivity index (χ3n) is 4.62. The van der Waals surface area contributed by atoms with Crippen molar-refractivity contribution in [2.24, 2.45) is 0 Å². The number of carbonyl (C=O) groups is 1. The Morgan fingerprint density at radius 3 is 2.67 bits per heavy atom. The van der Waals surface area contributed by atoms with Gasteiger partial charge in [-0.3, -0.25) is 0 Å². The van der Waals surface area contributed by atoms with E-state index < -0.39 is 5.60 Å². The Labute approximate surface area is 141 Å². The van der Waals surface area contributed by atoms with Crippen LogP contribution in [0.3, 0.4) is 0 Å². The van der Waals surface area contributed by atoms with E-state index in [1.165, 1.54) is 0 Å². The monoisotopic (exact) mass is 328 g/mol. The first-order chi connectivity index (χ1) is 11.6. The van der Waals surface area contributed by atoms with E-state index in [-0.39, 0.29) is 12.6 Å². The van der Waals surface area contributed by atoms with Gasteiger partial charge in [-0.05, 0) is 31.9 Å². The molecule has 1 fully saturated rings. The Morgan fingerprint density at radius 2 is 1.96 bits per heavy atom. The summed E-state index contributed by atoms with van der Waals surface area (Å²) in [6, 6.07) is 9.45. The van der Waals surface area contributed by atoms with Gasteiger partial charge in [0.25, 0.3) is 0 Å². The van der Waals surface area contributed by atoms with Crippen molar-refractivity contribution < 1.29 is 9.90 Å². The van der Waals surface area contributed by atoms with Crippen LogP contribution in [0.2, 0.25) is 0 Å². The summed E-state index contributed by atoms with van der Waals surface area (Å²) in [6.45, 7) is 2.19. The zero-order chi connectivity index (χ0) is 17.0. The molecule has 2 aromatic rings. The fraction of sp³-hybridized carbons (Fsp3) is 0.444. The number of anilines is 1. The first-order valence-electron chi connectivity index (χ1n) is 8.45. The lowest BCUT2D eigenvalue weighted by Gasteiger charge is -2.32. The molecule has 0 aliphatic heterocycles. The minimum atomic E-state index is -0.765. The second kappa shape index (κ2) is 7.05. The molecule has 128 valence electrons. The molecule has 3 rings (SSSR count). The molecule has 24 heavy (non-hydrogen) atoms. The number of nitrogens with zero attached hydrogens (tertiary/aromatic N) is 2. The summed E-state index contributed by atoms with van der Waals surface area (Å²) < 4.78 is 1.78. The number of para-hydroxylation sites is 1. The van der Waals surface area contributed by atoms with Crippen molar-refractivity contribution in [3.05, 3.63) is 42.2 Å². The molecule has 0 atom stereocenters. The minimum absolute atomic E-state index is 0.282. The predicted octanol–water partition coefficient (Wildman–Crippen LogP) is 3.00. The maximum atomic E-state index is 12.1. The number of urea groups is 1. The quantitative estimate of drug-likeness (QED) is 0.807. The van der Waals surface area contributed by atoms with Gasteiger partial charge >= 0.3 is 6.03 Å². The summed E-state index contributed by atoms with van der Waals surface area (Å²) in [5.74, 6) is 0. The van der Waals surface area contributed by atoms with Crippen molar-refractivity contribution in [1.82, 2.24) is 15.1 Å². The lowest BCUT2D eigenvalue weighted by atomic mass is 9.85. The molecule has 1 aromatic heterocycles. The third-order valence-corrected chi connectivity index (χ3v) is 4.62. The molecule has 0 radical (unpaired) electrons. The lowest BCUT2D eigenvalue weighted by molar-refractivity contribution is 0.00755. The molecular weight excluding hydrogens is 304 g/mol. The normalized spacial score (nSPS) is 16.6. The maximum Gasteiger partial charge on any atom is 0.319 e. The highest BCUT2D eigenvalue weighted by atomic mass is 16.3. The molecule has 2 amide bonds. The number of aliphatic hydroxyl groups is 1. The minimum Gasteiger partial charge on any atom is -0.388 e. The highest BCUT2D eigenvalue weighted by Crippen LogP contribution is 2.27. The molecule has 1 aliphatic rings. The Bertz CT molecular complexity index is 690. The fourth-order valence-electron chi connectivity index (χ4n) is 3.16. The first-order valence-corrected chi connectivity index (χ1v) is 8.45. The van der Waals surface area contributed by atoms with E-state index in [0.717, 1.165) is 43.5 Å². The standard InChI is InChI=1S/C18H24N4O2/c1-14-16(12-20-22(14)15-8-4-2-5-9-15)21-17(23)19-13-18(24)10-6-3-7-11-18/h2,4-5,8-9,12,24H,3,6-7,10-11,13H2,1H3,(H2,19,21,23). The van der Waals surface area contributed by atoms with Crippen molar-refractivity contribution in [3.63, 3.8) is 0 Å². The molecule has 0 bridgehead atoms. The summed E-state index contributed by atoms with van der Waals surface area (Å²) in [6.07, 6.45) is 6.33. The van der Waals surface area contributed by atoms with E-state index in [1.54, 1.807) is 10.9 Å². The van der Waals surface area contributed by atoms with Crippen molar-refractivity contribution in [2.45, 2.75) is 44.6 Å². The molecule has 0 spiro atoms. The zero-order valence-electron chi connectivity index (χ0n) is 14.0. The van der Waals surface area contributed by atoms with Gasteiger partial charge in [0.2, 0.25) is 0 Å². The highest BCUT2D eigenvalue weighted by molar-refractivity contribution is 5.89. The molecule has 3 N–H and O–H groups in total. The summed E-state index contributed by atoms with van der Waals surface area (Å²) >= 11 is 0. The molecule has 1 saturated carbocycles. The van der Waals surface area contributed by atoms with Crippen LogP contribution < -0.4 is 10.6 Å². The van der Waals surface area contributed by atoms with Crippen molar-refractivity contribution in [3.8, 4) is 5.69 Å². The first kappa shape index (κ1) is 16.5. The number of rotatable bonds is 4. The van der Waals surface area contributed by atoms with Crippen LogP contribution in [0.25, 0.3) is 5.69 Å².